The Hall–Kier alpha value is -1.82. The fraction of sp³-hybridized carbons (Fsp3) is 0.211. The van der Waals surface area contributed by atoms with Crippen LogP contribution in [0.1, 0.15) is 35.4 Å². The Morgan fingerprint density at radius 1 is 1.30 bits per heavy atom. The van der Waals surface area contributed by atoms with Crippen molar-refractivity contribution < 1.29 is 14.3 Å². The maximum absolute atomic E-state index is 11.0. The SMILES string of the molecule is C=C(C)CC(Oc1c(I)cc(C=O)cc1OC)c1ccccc1. The predicted molar refractivity (Wildman–Crippen MR) is 100 cm³/mol. The topological polar surface area (TPSA) is 35.5 Å². The Labute approximate surface area is 150 Å². The van der Waals surface area contributed by atoms with E-state index in [1.165, 1.54) is 0 Å². The molecule has 120 valence electrons. The van der Waals surface area contributed by atoms with Crippen LogP contribution in [-0.4, -0.2) is 13.4 Å². The van der Waals surface area contributed by atoms with Crippen molar-refractivity contribution in [3.05, 3.63) is 69.3 Å². The summed E-state index contributed by atoms with van der Waals surface area (Å²) >= 11 is 2.16. The fourth-order valence-corrected chi connectivity index (χ4v) is 3.03. The fourth-order valence-electron chi connectivity index (χ4n) is 2.28. The average molecular weight is 422 g/mol. The summed E-state index contributed by atoms with van der Waals surface area (Å²) in [5, 5.41) is 0. The number of carbonyl (C=O) groups excluding carboxylic acids is 1. The first-order valence-electron chi connectivity index (χ1n) is 7.23. The number of rotatable bonds is 7. The molecule has 0 aromatic heterocycles. The lowest BCUT2D eigenvalue weighted by molar-refractivity contribution is 0.112. The molecule has 0 bridgehead atoms. The van der Waals surface area contributed by atoms with Crippen LogP contribution in [0.2, 0.25) is 0 Å². The van der Waals surface area contributed by atoms with Crippen LogP contribution in [0.25, 0.3) is 0 Å². The highest BCUT2D eigenvalue weighted by molar-refractivity contribution is 14.1. The number of aldehydes is 1. The van der Waals surface area contributed by atoms with Gasteiger partial charge in [-0.3, -0.25) is 4.79 Å². The minimum absolute atomic E-state index is 0.154. The highest BCUT2D eigenvalue weighted by atomic mass is 127. The van der Waals surface area contributed by atoms with Gasteiger partial charge in [0.05, 0.1) is 10.7 Å². The normalized spacial score (nSPS) is 11.6. The van der Waals surface area contributed by atoms with Crippen molar-refractivity contribution in [1.82, 2.24) is 0 Å². The van der Waals surface area contributed by atoms with E-state index < -0.39 is 0 Å². The minimum Gasteiger partial charge on any atom is -0.493 e. The monoisotopic (exact) mass is 422 g/mol. The number of ether oxygens (including phenoxy) is 2. The maximum Gasteiger partial charge on any atom is 0.175 e. The second-order valence-electron chi connectivity index (χ2n) is 5.33. The molecule has 0 aliphatic rings. The van der Waals surface area contributed by atoms with Crippen molar-refractivity contribution in [3.8, 4) is 11.5 Å². The van der Waals surface area contributed by atoms with Crippen molar-refractivity contribution in [1.29, 1.82) is 0 Å². The molecule has 0 saturated heterocycles. The van der Waals surface area contributed by atoms with E-state index in [0.29, 0.717) is 23.5 Å². The number of methoxy groups -OCH3 is 1. The van der Waals surface area contributed by atoms with Crippen molar-refractivity contribution in [2.75, 3.05) is 7.11 Å². The molecule has 0 radical (unpaired) electrons. The second kappa shape index (κ2) is 8.15. The zero-order valence-corrected chi connectivity index (χ0v) is 15.4. The number of benzene rings is 2. The summed E-state index contributed by atoms with van der Waals surface area (Å²) in [5.74, 6) is 1.20. The Morgan fingerprint density at radius 3 is 2.57 bits per heavy atom. The van der Waals surface area contributed by atoms with Crippen LogP contribution >= 0.6 is 22.6 Å². The zero-order valence-electron chi connectivity index (χ0n) is 13.2. The van der Waals surface area contributed by atoms with Gasteiger partial charge in [0.25, 0.3) is 0 Å². The van der Waals surface area contributed by atoms with Crippen LogP contribution in [0.4, 0.5) is 0 Å². The van der Waals surface area contributed by atoms with Gasteiger partial charge in [0, 0.05) is 12.0 Å². The van der Waals surface area contributed by atoms with E-state index in [4.69, 9.17) is 9.47 Å². The molecule has 0 N–H and O–H groups in total. The molecule has 0 spiro atoms. The van der Waals surface area contributed by atoms with E-state index in [0.717, 1.165) is 21.0 Å². The third-order valence-electron chi connectivity index (χ3n) is 3.35. The summed E-state index contributed by atoms with van der Waals surface area (Å²) in [6, 6.07) is 13.5. The van der Waals surface area contributed by atoms with Gasteiger partial charge in [-0.2, -0.15) is 0 Å². The van der Waals surface area contributed by atoms with E-state index in [1.807, 2.05) is 37.3 Å². The standard InChI is InChI=1S/C19H19IO3/c1-13(2)9-17(15-7-5-4-6-8-15)23-19-16(20)10-14(12-21)11-18(19)22-3/h4-8,10-12,17H,1,9H2,2-3H3. The third kappa shape index (κ3) is 4.58. The summed E-state index contributed by atoms with van der Waals surface area (Å²) < 4.78 is 12.5. The smallest absolute Gasteiger partial charge is 0.175 e. The van der Waals surface area contributed by atoms with Crippen molar-refractivity contribution in [2.24, 2.45) is 0 Å². The summed E-state index contributed by atoms with van der Waals surface area (Å²) in [6.45, 7) is 5.98. The van der Waals surface area contributed by atoms with Gasteiger partial charge < -0.3 is 9.47 Å². The van der Waals surface area contributed by atoms with Crippen LogP contribution in [0.15, 0.2) is 54.6 Å². The molecular weight excluding hydrogens is 403 g/mol. The van der Waals surface area contributed by atoms with Gasteiger partial charge in [-0.25, -0.2) is 0 Å². The van der Waals surface area contributed by atoms with Gasteiger partial charge >= 0.3 is 0 Å². The van der Waals surface area contributed by atoms with Gasteiger partial charge in [-0.05, 0) is 47.2 Å². The van der Waals surface area contributed by atoms with E-state index in [-0.39, 0.29) is 6.10 Å². The summed E-state index contributed by atoms with van der Waals surface area (Å²) in [5.41, 5.74) is 2.68. The molecule has 1 atom stereocenters. The molecule has 3 nitrogen and oxygen atoms in total. The Bertz CT molecular complexity index is 695. The summed E-state index contributed by atoms with van der Waals surface area (Å²) in [4.78, 5) is 11.0. The lowest BCUT2D eigenvalue weighted by atomic mass is 10.0. The van der Waals surface area contributed by atoms with Gasteiger partial charge in [0.1, 0.15) is 12.4 Å². The molecule has 4 heteroatoms. The van der Waals surface area contributed by atoms with Gasteiger partial charge in [-0.15, -0.1) is 0 Å². The molecule has 23 heavy (non-hydrogen) atoms. The predicted octanol–water partition coefficient (Wildman–Crippen LogP) is 5.20. The van der Waals surface area contributed by atoms with Crippen LogP contribution in [0.5, 0.6) is 11.5 Å². The minimum atomic E-state index is -0.154. The molecule has 0 saturated carbocycles. The highest BCUT2D eigenvalue weighted by Crippen LogP contribution is 2.38. The molecule has 0 heterocycles. The van der Waals surface area contributed by atoms with Crippen molar-refractivity contribution in [2.45, 2.75) is 19.4 Å². The van der Waals surface area contributed by atoms with Crippen molar-refractivity contribution >= 4 is 28.9 Å². The van der Waals surface area contributed by atoms with Crippen LogP contribution in [0, 0.1) is 3.57 Å². The molecule has 0 aliphatic heterocycles. The quantitative estimate of drug-likeness (QED) is 0.350. The Balaban J connectivity index is 2.40. The lowest BCUT2D eigenvalue weighted by Crippen LogP contribution is -2.10. The molecule has 1 unspecified atom stereocenters. The number of carbonyl (C=O) groups is 1. The molecule has 2 rings (SSSR count). The number of halogens is 1. The van der Waals surface area contributed by atoms with Gasteiger partial charge in [0.2, 0.25) is 0 Å². The first-order valence-corrected chi connectivity index (χ1v) is 8.31. The highest BCUT2D eigenvalue weighted by Gasteiger charge is 2.19. The second-order valence-corrected chi connectivity index (χ2v) is 6.49. The molecule has 0 fully saturated rings. The number of hydrogen-bond acceptors (Lipinski definition) is 3. The van der Waals surface area contributed by atoms with Crippen LogP contribution in [-0.2, 0) is 0 Å². The Kier molecular flexibility index (Phi) is 6.21. The average Bonchev–Trinajstić information content (AvgIpc) is 2.55. The van der Waals surface area contributed by atoms with E-state index >= 15 is 0 Å². The van der Waals surface area contributed by atoms with E-state index in [1.54, 1.807) is 19.2 Å². The van der Waals surface area contributed by atoms with Crippen LogP contribution in [0.3, 0.4) is 0 Å². The Morgan fingerprint density at radius 2 is 2.00 bits per heavy atom. The summed E-state index contributed by atoms with van der Waals surface area (Å²) in [6.07, 6.45) is 1.36. The first kappa shape index (κ1) is 17.5. The molecule has 0 aliphatic carbocycles. The summed E-state index contributed by atoms with van der Waals surface area (Å²) in [7, 11) is 1.57. The maximum atomic E-state index is 11.0. The first-order chi connectivity index (χ1) is 11.0. The number of hydrogen-bond donors (Lipinski definition) is 0. The largest absolute Gasteiger partial charge is 0.493 e. The third-order valence-corrected chi connectivity index (χ3v) is 4.15. The molecular formula is C19H19IO3. The van der Waals surface area contributed by atoms with Gasteiger partial charge in [-0.1, -0.05) is 42.5 Å². The van der Waals surface area contributed by atoms with E-state index in [9.17, 15) is 4.79 Å². The van der Waals surface area contributed by atoms with Crippen molar-refractivity contribution in [3.63, 3.8) is 0 Å². The van der Waals surface area contributed by atoms with Gasteiger partial charge in [0.15, 0.2) is 11.5 Å². The molecule has 2 aromatic rings. The molecule has 0 amide bonds. The van der Waals surface area contributed by atoms with Crippen LogP contribution < -0.4 is 9.47 Å². The lowest BCUT2D eigenvalue weighted by Gasteiger charge is -2.22. The zero-order chi connectivity index (χ0) is 16.8. The molecule has 2 aromatic carbocycles. The van der Waals surface area contributed by atoms with E-state index in [2.05, 4.69) is 29.2 Å².